The summed E-state index contributed by atoms with van der Waals surface area (Å²) in [6, 6.07) is 4.01. The highest BCUT2D eigenvalue weighted by atomic mass is 15.4. The van der Waals surface area contributed by atoms with Gasteiger partial charge in [0, 0.05) is 12.7 Å². The Morgan fingerprint density at radius 3 is 2.94 bits per heavy atom. The Hall–Kier alpha value is -2.28. The van der Waals surface area contributed by atoms with Crippen molar-refractivity contribution in [3.8, 4) is 0 Å². The maximum Gasteiger partial charge on any atom is 0.161 e. The zero-order chi connectivity index (χ0) is 12.5. The van der Waals surface area contributed by atoms with Crippen molar-refractivity contribution in [3.05, 3.63) is 41.6 Å². The third-order valence-corrected chi connectivity index (χ3v) is 2.73. The van der Waals surface area contributed by atoms with Crippen molar-refractivity contribution in [2.45, 2.75) is 20.0 Å². The van der Waals surface area contributed by atoms with Crippen LogP contribution in [0.5, 0.6) is 0 Å². The molecule has 7 nitrogen and oxygen atoms in total. The van der Waals surface area contributed by atoms with Gasteiger partial charge in [-0.15, -0.1) is 15.3 Å². The van der Waals surface area contributed by atoms with E-state index in [0.717, 1.165) is 22.7 Å². The molecule has 0 unspecified atom stereocenters. The van der Waals surface area contributed by atoms with Crippen LogP contribution in [0.25, 0.3) is 5.65 Å². The Bertz CT molecular complexity index is 682. The molecule has 0 atom stereocenters. The van der Waals surface area contributed by atoms with Crippen molar-refractivity contribution in [1.29, 1.82) is 0 Å². The van der Waals surface area contributed by atoms with Gasteiger partial charge in [-0.3, -0.25) is 4.40 Å². The van der Waals surface area contributed by atoms with E-state index in [0.29, 0.717) is 13.1 Å². The minimum absolute atomic E-state index is 0.389. The van der Waals surface area contributed by atoms with Crippen LogP contribution in [0.3, 0.4) is 0 Å². The molecule has 0 fully saturated rings. The molecular formula is C11H13N7. The topological polar surface area (TPSA) is 86.9 Å². The normalized spacial score (nSPS) is 11.2. The molecule has 0 radical (unpaired) electrons. The summed E-state index contributed by atoms with van der Waals surface area (Å²) in [6.45, 7) is 2.94. The lowest BCUT2D eigenvalue weighted by Gasteiger charge is -1.99. The minimum atomic E-state index is 0.389. The molecule has 0 spiro atoms. The van der Waals surface area contributed by atoms with Gasteiger partial charge in [0.15, 0.2) is 11.5 Å². The summed E-state index contributed by atoms with van der Waals surface area (Å²) in [5.41, 5.74) is 8.26. The quantitative estimate of drug-likeness (QED) is 0.706. The predicted octanol–water partition coefficient (Wildman–Crippen LogP) is 0.136. The summed E-state index contributed by atoms with van der Waals surface area (Å²) >= 11 is 0. The van der Waals surface area contributed by atoms with E-state index < -0.39 is 0 Å². The first-order chi connectivity index (χ1) is 8.76. The average molecular weight is 243 g/mol. The van der Waals surface area contributed by atoms with Crippen molar-refractivity contribution in [1.82, 2.24) is 29.6 Å². The van der Waals surface area contributed by atoms with Gasteiger partial charge in [-0.2, -0.15) is 0 Å². The van der Waals surface area contributed by atoms with Gasteiger partial charge < -0.3 is 5.73 Å². The Labute approximate surface area is 103 Å². The highest BCUT2D eigenvalue weighted by Crippen LogP contribution is 2.07. The van der Waals surface area contributed by atoms with Crippen molar-refractivity contribution in [2.75, 3.05) is 0 Å². The van der Waals surface area contributed by atoms with Crippen molar-refractivity contribution >= 4 is 5.65 Å². The van der Waals surface area contributed by atoms with Gasteiger partial charge in [-0.25, -0.2) is 4.68 Å². The van der Waals surface area contributed by atoms with Crippen LogP contribution in [-0.2, 0) is 13.1 Å². The lowest BCUT2D eigenvalue weighted by Crippen LogP contribution is -2.05. The van der Waals surface area contributed by atoms with Crippen molar-refractivity contribution < 1.29 is 0 Å². The number of aryl methyl sites for hydroxylation is 1. The Balaban J connectivity index is 1.95. The van der Waals surface area contributed by atoms with Crippen LogP contribution in [-0.4, -0.2) is 29.6 Å². The fourth-order valence-electron chi connectivity index (χ4n) is 1.80. The fourth-order valence-corrected chi connectivity index (χ4v) is 1.80. The molecule has 0 saturated heterocycles. The molecule has 3 rings (SSSR count). The van der Waals surface area contributed by atoms with Crippen LogP contribution in [0.4, 0.5) is 0 Å². The molecule has 2 N–H and O–H groups in total. The van der Waals surface area contributed by atoms with Crippen LogP contribution in [0, 0.1) is 6.92 Å². The molecule has 7 heteroatoms. The molecule has 3 aromatic heterocycles. The zero-order valence-corrected chi connectivity index (χ0v) is 9.98. The standard InChI is InChI=1S/C11H13N7/c1-8-2-3-18-10(4-8)14-15-11(18)7-17-6-9(5-12)13-16-17/h2-4,6H,5,7,12H2,1H3. The largest absolute Gasteiger partial charge is 0.325 e. The fraction of sp³-hybridized carbons (Fsp3) is 0.273. The summed E-state index contributed by atoms with van der Waals surface area (Å²) in [5.74, 6) is 0.818. The molecule has 0 aliphatic carbocycles. The first kappa shape index (κ1) is 10.8. The molecule has 0 aliphatic rings. The maximum atomic E-state index is 5.49. The summed E-state index contributed by atoms with van der Waals surface area (Å²) in [6.07, 6.45) is 3.77. The first-order valence-electron chi connectivity index (χ1n) is 5.65. The number of nitrogens with two attached hydrogens (primary N) is 1. The van der Waals surface area contributed by atoms with E-state index >= 15 is 0 Å². The predicted molar refractivity (Wildman–Crippen MR) is 64.7 cm³/mol. The number of hydrogen-bond acceptors (Lipinski definition) is 5. The number of pyridine rings is 1. The molecule has 92 valence electrons. The highest BCUT2D eigenvalue weighted by Gasteiger charge is 2.07. The Morgan fingerprint density at radius 1 is 1.28 bits per heavy atom. The second kappa shape index (κ2) is 4.19. The van der Waals surface area contributed by atoms with E-state index in [4.69, 9.17) is 5.73 Å². The average Bonchev–Trinajstić information content (AvgIpc) is 2.97. The van der Waals surface area contributed by atoms with Crippen LogP contribution >= 0.6 is 0 Å². The third kappa shape index (κ3) is 1.84. The van der Waals surface area contributed by atoms with Gasteiger partial charge in [-0.05, 0) is 24.6 Å². The number of nitrogens with zero attached hydrogens (tertiary/aromatic N) is 6. The van der Waals surface area contributed by atoms with E-state index in [2.05, 4.69) is 20.5 Å². The Kier molecular flexibility index (Phi) is 2.52. The third-order valence-electron chi connectivity index (χ3n) is 2.73. The lowest BCUT2D eigenvalue weighted by molar-refractivity contribution is 0.620. The monoisotopic (exact) mass is 243 g/mol. The number of aromatic nitrogens is 6. The summed E-state index contributed by atoms with van der Waals surface area (Å²) in [5, 5.41) is 16.2. The van der Waals surface area contributed by atoms with Crippen LogP contribution < -0.4 is 5.73 Å². The second-order valence-electron chi connectivity index (χ2n) is 4.16. The molecule has 0 bridgehead atoms. The molecule has 3 heterocycles. The van der Waals surface area contributed by atoms with E-state index in [-0.39, 0.29) is 0 Å². The molecule has 3 aromatic rings. The lowest BCUT2D eigenvalue weighted by atomic mass is 10.3. The summed E-state index contributed by atoms with van der Waals surface area (Å²) < 4.78 is 3.65. The summed E-state index contributed by atoms with van der Waals surface area (Å²) in [4.78, 5) is 0. The molecular weight excluding hydrogens is 230 g/mol. The van der Waals surface area contributed by atoms with Gasteiger partial charge in [0.05, 0.1) is 11.9 Å². The van der Waals surface area contributed by atoms with Crippen molar-refractivity contribution in [3.63, 3.8) is 0 Å². The van der Waals surface area contributed by atoms with E-state index in [1.807, 2.05) is 35.9 Å². The SMILES string of the molecule is Cc1ccn2c(Cn3cc(CN)nn3)nnc2c1. The van der Waals surface area contributed by atoms with E-state index in [1.54, 1.807) is 4.68 Å². The maximum absolute atomic E-state index is 5.49. The molecule has 0 aromatic carbocycles. The number of fused-ring (bicyclic) bond motifs is 1. The molecule has 0 saturated carbocycles. The van der Waals surface area contributed by atoms with E-state index in [1.165, 1.54) is 0 Å². The zero-order valence-electron chi connectivity index (χ0n) is 9.98. The minimum Gasteiger partial charge on any atom is -0.325 e. The molecule has 18 heavy (non-hydrogen) atoms. The first-order valence-corrected chi connectivity index (χ1v) is 5.65. The van der Waals surface area contributed by atoms with Crippen LogP contribution in [0.2, 0.25) is 0 Å². The van der Waals surface area contributed by atoms with Gasteiger partial charge in [0.2, 0.25) is 0 Å². The van der Waals surface area contributed by atoms with Gasteiger partial charge >= 0.3 is 0 Å². The van der Waals surface area contributed by atoms with Gasteiger partial charge in [-0.1, -0.05) is 5.21 Å². The molecule has 0 amide bonds. The highest BCUT2D eigenvalue weighted by molar-refractivity contribution is 5.40. The summed E-state index contributed by atoms with van der Waals surface area (Å²) in [7, 11) is 0. The second-order valence-corrected chi connectivity index (χ2v) is 4.16. The van der Waals surface area contributed by atoms with Crippen LogP contribution in [0.15, 0.2) is 24.5 Å². The number of hydrogen-bond donors (Lipinski definition) is 1. The van der Waals surface area contributed by atoms with Crippen LogP contribution in [0.1, 0.15) is 17.1 Å². The molecule has 0 aliphatic heterocycles. The smallest absolute Gasteiger partial charge is 0.161 e. The van der Waals surface area contributed by atoms with Gasteiger partial charge in [0.1, 0.15) is 6.54 Å². The van der Waals surface area contributed by atoms with Gasteiger partial charge in [0.25, 0.3) is 0 Å². The van der Waals surface area contributed by atoms with Crippen molar-refractivity contribution in [2.24, 2.45) is 5.73 Å². The Morgan fingerprint density at radius 2 is 2.17 bits per heavy atom. The van der Waals surface area contributed by atoms with E-state index in [9.17, 15) is 0 Å². The number of rotatable bonds is 3.